The van der Waals surface area contributed by atoms with E-state index in [0.717, 1.165) is 16.0 Å². The maximum Gasteiger partial charge on any atom is 0.323 e. The molecule has 2 aromatic rings. The molecule has 0 unspecified atom stereocenters. The van der Waals surface area contributed by atoms with Crippen LogP contribution in [0.3, 0.4) is 0 Å². The van der Waals surface area contributed by atoms with E-state index in [4.69, 9.17) is 16.7 Å². The van der Waals surface area contributed by atoms with E-state index in [-0.39, 0.29) is 13.0 Å². The highest BCUT2D eigenvalue weighted by Gasteiger charge is 2.41. The molecule has 0 aliphatic carbocycles. The first-order valence-corrected chi connectivity index (χ1v) is 10.2. The number of nitrogens with zero attached hydrogens (tertiary/aromatic N) is 2. The lowest BCUT2D eigenvalue weighted by molar-refractivity contribution is -0.137. The van der Waals surface area contributed by atoms with E-state index in [1.807, 2.05) is 12.1 Å². The van der Waals surface area contributed by atoms with Gasteiger partial charge in [0.05, 0.1) is 6.42 Å². The molecular weight excluding hydrogens is 434 g/mol. The van der Waals surface area contributed by atoms with Gasteiger partial charge in [0.25, 0.3) is 5.91 Å². The van der Waals surface area contributed by atoms with Crippen molar-refractivity contribution in [2.24, 2.45) is 0 Å². The molecule has 0 saturated heterocycles. The molecule has 32 heavy (non-hydrogen) atoms. The molecule has 8 nitrogen and oxygen atoms in total. The van der Waals surface area contributed by atoms with E-state index >= 15 is 0 Å². The maximum absolute atomic E-state index is 13.1. The number of nitrogens with one attached hydrogen (secondary N) is 1. The van der Waals surface area contributed by atoms with Gasteiger partial charge in [-0.3, -0.25) is 19.3 Å². The standard InChI is InChI=1S/C23H22ClN3O5/c1-14-11-19(28)21(22(31)26(14)2)27(23(32)25-10-9-20(29)30)18-8-4-6-16(13-18)15-5-3-7-17(24)12-15/h3-8,11-13,21H,9-10H2,1-2H3,(H,25,32)(H,29,30)/t21-/m0/s1. The van der Waals surface area contributed by atoms with Crippen molar-refractivity contribution in [3.05, 3.63) is 65.3 Å². The van der Waals surface area contributed by atoms with Crippen molar-refractivity contribution in [3.8, 4) is 11.1 Å². The third kappa shape index (κ3) is 4.97. The Morgan fingerprint density at radius 3 is 2.44 bits per heavy atom. The van der Waals surface area contributed by atoms with Crippen LogP contribution in [-0.4, -0.2) is 53.3 Å². The van der Waals surface area contributed by atoms with Crippen LogP contribution in [0, 0.1) is 0 Å². The summed E-state index contributed by atoms with van der Waals surface area (Å²) >= 11 is 6.10. The number of carbonyl (C=O) groups excluding carboxylic acids is 3. The number of aliphatic carboxylic acids is 1. The number of amides is 3. The fourth-order valence-corrected chi connectivity index (χ4v) is 3.54. The highest BCUT2D eigenvalue weighted by Crippen LogP contribution is 2.29. The van der Waals surface area contributed by atoms with Gasteiger partial charge in [0.15, 0.2) is 11.8 Å². The zero-order valence-electron chi connectivity index (χ0n) is 17.5. The SMILES string of the molecule is CC1=CC(=O)[C@H](N(C(=O)NCCC(=O)O)c2cccc(-c3cccc(Cl)c3)c2)C(=O)N1C. The Balaban J connectivity index is 2.04. The molecule has 2 aromatic carbocycles. The van der Waals surface area contributed by atoms with E-state index < -0.39 is 29.7 Å². The van der Waals surface area contributed by atoms with Crippen LogP contribution in [0.4, 0.5) is 10.5 Å². The summed E-state index contributed by atoms with van der Waals surface area (Å²) in [6.45, 7) is 1.47. The second-order valence-corrected chi connectivity index (χ2v) is 7.73. The van der Waals surface area contributed by atoms with E-state index in [1.165, 1.54) is 18.0 Å². The quantitative estimate of drug-likeness (QED) is 0.650. The largest absolute Gasteiger partial charge is 0.481 e. The van der Waals surface area contributed by atoms with Crippen molar-refractivity contribution in [1.82, 2.24) is 10.2 Å². The number of halogens is 1. The number of carboxylic acids is 1. The zero-order valence-corrected chi connectivity index (χ0v) is 18.3. The second kappa shape index (κ2) is 9.65. The highest BCUT2D eigenvalue weighted by atomic mass is 35.5. The summed E-state index contributed by atoms with van der Waals surface area (Å²) in [7, 11) is 1.52. The van der Waals surface area contributed by atoms with Crippen molar-refractivity contribution in [2.75, 3.05) is 18.5 Å². The Morgan fingerprint density at radius 1 is 1.12 bits per heavy atom. The smallest absolute Gasteiger partial charge is 0.323 e. The first-order valence-electron chi connectivity index (χ1n) is 9.83. The van der Waals surface area contributed by atoms with Crippen molar-refractivity contribution in [3.63, 3.8) is 0 Å². The Hall–Kier alpha value is -3.65. The normalized spacial score (nSPS) is 15.9. The third-order valence-corrected chi connectivity index (χ3v) is 5.32. The Labute approximate surface area is 190 Å². The molecular formula is C23H22ClN3O5. The van der Waals surface area contributed by atoms with Crippen molar-refractivity contribution in [2.45, 2.75) is 19.4 Å². The Morgan fingerprint density at radius 2 is 1.78 bits per heavy atom. The molecule has 1 aliphatic rings. The fourth-order valence-electron chi connectivity index (χ4n) is 3.35. The topological polar surface area (TPSA) is 107 Å². The molecule has 3 rings (SSSR count). The van der Waals surface area contributed by atoms with Crippen molar-refractivity contribution in [1.29, 1.82) is 0 Å². The summed E-state index contributed by atoms with van der Waals surface area (Å²) in [5.74, 6) is -2.17. The maximum atomic E-state index is 13.1. The highest BCUT2D eigenvalue weighted by molar-refractivity contribution is 6.30. The molecule has 0 aromatic heterocycles. The Kier molecular flexibility index (Phi) is 6.95. The molecule has 0 fully saturated rings. The first-order chi connectivity index (χ1) is 15.2. The summed E-state index contributed by atoms with van der Waals surface area (Å²) < 4.78 is 0. The van der Waals surface area contributed by atoms with E-state index in [2.05, 4.69) is 5.32 Å². The monoisotopic (exact) mass is 455 g/mol. The second-order valence-electron chi connectivity index (χ2n) is 7.29. The van der Waals surface area contributed by atoms with Crippen LogP contribution in [0.25, 0.3) is 11.1 Å². The molecule has 0 saturated carbocycles. The lowest BCUT2D eigenvalue weighted by atomic mass is 10.0. The lowest BCUT2D eigenvalue weighted by Gasteiger charge is -2.35. The van der Waals surface area contributed by atoms with E-state index in [0.29, 0.717) is 16.4 Å². The van der Waals surface area contributed by atoms with Gasteiger partial charge in [-0.25, -0.2) is 4.79 Å². The number of carboxylic acid groups (broad SMARTS) is 1. The van der Waals surface area contributed by atoms with Crippen molar-refractivity contribution >= 4 is 41.0 Å². The molecule has 2 N–H and O–H groups in total. The lowest BCUT2D eigenvalue weighted by Crippen LogP contribution is -2.58. The molecule has 3 amide bonds. The van der Waals surface area contributed by atoms with Crippen LogP contribution in [-0.2, 0) is 14.4 Å². The molecule has 1 heterocycles. The van der Waals surface area contributed by atoms with Crippen LogP contribution in [0.15, 0.2) is 60.3 Å². The van der Waals surface area contributed by atoms with Crippen LogP contribution in [0.1, 0.15) is 13.3 Å². The summed E-state index contributed by atoms with van der Waals surface area (Å²) in [5, 5.41) is 11.9. The van der Waals surface area contributed by atoms with Crippen LogP contribution >= 0.6 is 11.6 Å². The Bertz CT molecular complexity index is 1110. The average Bonchev–Trinajstić information content (AvgIpc) is 2.75. The number of carbonyl (C=O) groups is 4. The van der Waals surface area contributed by atoms with Gasteiger partial charge >= 0.3 is 12.0 Å². The number of hydrogen-bond donors (Lipinski definition) is 2. The van der Waals surface area contributed by atoms with Crippen LogP contribution < -0.4 is 10.2 Å². The molecule has 9 heteroatoms. The molecule has 0 radical (unpaired) electrons. The van der Waals surface area contributed by atoms with E-state index in [9.17, 15) is 19.2 Å². The predicted octanol–water partition coefficient (Wildman–Crippen LogP) is 3.31. The van der Waals surface area contributed by atoms with Crippen LogP contribution in [0.5, 0.6) is 0 Å². The average molecular weight is 456 g/mol. The van der Waals surface area contributed by atoms with Gasteiger partial charge in [-0.1, -0.05) is 35.9 Å². The number of allylic oxidation sites excluding steroid dienone is 1. The number of hydrogen-bond acceptors (Lipinski definition) is 4. The number of rotatable bonds is 6. The minimum Gasteiger partial charge on any atom is -0.481 e. The summed E-state index contributed by atoms with van der Waals surface area (Å²) in [4.78, 5) is 52.1. The summed E-state index contributed by atoms with van der Waals surface area (Å²) in [5.41, 5.74) is 2.29. The van der Waals surface area contributed by atoms with Gasteiger partial charge in [-0.05, 0) is 42.3 Å². The van der Waals surface area contributed by atoms with Gasteiger partial charge in [-0.15, -0.1) is 0 Å². The van der Waals surface area contributed by atoms with E-state index in [1.54, 1.807) is 43.3 Å². The van der Waals surface area contributed by atoms with Gasteiger partial charge in [0, 0.05) is 36.1 Å². The minimum absolute atomic E-state index is 0.154. The molecule has 1 atom stereocenters. The fraction of sp³-hybridized carbons (Fsp3) is 0.217. The van der Waals surface area contributed by atoms with Gasteiger partial charge in [0.1, 0.15) is 0 Å². The van der Waals surface area contributed by atoms with Crippen LogP contribution in [0.2, 0.25) is 5.02 Å². The summed E-state index contributed by atoms with van der Waals surface area (Å²) in [6.07, 6.45) is 1.01. The van der Waals surface area contributed by atoms with Crippen molar-refractivity contribution < 1.29 is 24.3 Å². The van der Waals surface area contributed by atoms with Gasteiger partial charge < -0.3 is 15.3 Å². The summed E-state index contributed by atoms with van der Waals surface area (Å²) in [6, 6.07) is 11.8. The number of likely N-dealkylation sites (N-methyl/N-ethyl adjacent to an activating group) is 1. The first kappa shape index (κ1) is 23.0. The predicted molar refractivity (Wildman–Crippen MR) is 120 cm³/mol. The molecule has 1 aliphatic heterocycles. The number of ketones is 1. The van der Waals surface area contributed by atoms with Gasteiger partial charge in [0.2, 0.25) is 0 Å². The number of benzene rings is 2. The molecule has 0 spiro atoms. The number of urea groups is 1. The minimum atomic E-state index is -1.41. The number of anilines is 1. The molecule has 0 bridgehead atoms. The molecule has 166 valence electrons. The zero-order chi connectivity index (χ0) is 23.4. The van der Waals surface area contributed by atoms with Gasteiger partial charge in [-0.2, -0.15) is 0 Å². The third-order valence-electron chi connectivity index (χ3n) is 5.09.